The van der Waals surface area contributed by atoms with E-state index in [0.717, 1.165) is 19.4 Å². The number of nitrogens with one attached hydrogen (secondary N) is 2. The van der Waals surface area contributed by atoms with E-state index in [0.29, 0.717) is 6.54 Å². The summed E-state index contributed by atoms with van der Waals surface area (Å²) in [5, 5.41) is 0. The van der Waals surface area contributed by atoms with Gasteiger partial charge in [-0.3, -0.25) is 4.79 Å². The summed E-state index contributed by atoms with van der Waals surface area (Å²) in [5.74, 6) is 0. The van der Waals surface area contributed by atoms with E-state index in [4.69, 9.17) is 0 Å². The lowest BCUT2D eigenvalue weighted by Gasteiger charge is -2.29. The fourth-order valence-corrected chi connectivity index (χ4v) is 3.47. The summed E-state index contributed by atoms with van der Waals surface area (Å²) in [4.78, 5) is 16.0. The molecule has 18 heavy (non-hydrogen) atoms. The third-order valence-electron chi connectivity index (χ3n) is 3.02. The molecule has 1 saturated heterocycles. The van der Waals surface area contributed by atoms with Crippen LogP contribution in [0, 0.1) is 0 Å². The number of pyridine rings is 1. The lowest BCUT2D eigenvalue weighted by atomic mass is 10.1. The van der Waals surface area contributed by atoms with Crippen LogP contribution in [-0.4, -0.2) is 44.5 Å². The minimum atomic E-state index is -3.73. The lowest BCUT2D eigenvalue weighted by molar-refractivity contribution is 0.242. The molecule has 0 radical (unpaired) electrons. The summed E-state index contributed by atoms with van der Waals surface area (Å²) in [5.41, 5.74) is -0.495. The van der Waals surface area contributed by atoms with Gasteiger partial charge in [0.2, 0.25) is 15.5 Å². The van der Waals surface area contributed by atoms with Gasteiger partial charge < -0.3 is 9.88 Å². The van der Waals surface area contributed by atoms with Gasteiger partial charge in [-0.05, 0) is 26.4 Å². The van der Waals surface area contributed by atoms with Crippen LogP contribution < -0.4 is 10.2 Å². The molecule has 0 amide bonds. The maximum absolute atomic E-state index is 12.1. The van der Waals surface area contributed by atoms with Crippen molar-refractivity contribution in [2.45, 2.75) is 23.8 Å². The van der Waals surface area contributed by atoms with E-state index in [2.05, 4.69) is 14.6 Å². The highest BCUT2D eigenvalue weighted by Gasteiger charge is 2.25. The van der Waals surface area contributed by atoms with Crippen molar-refractivity contribution in [3.8, 4) is 0 Å². The van der Waals surface area contributed by atoms with Gasteiger partial charge in [-0.2, -0.15) is 0 Å². The zero-order valence-electron chi connectivity index (χ0n) is 10.2. The maximum atomic E-state index is 12.1. The van der Waals surface area contributed by atoms with E-state index in [1.54, 1.807) is 0 Å². The number of rotatable bonds is 3. The Morgan fingerprint density at radius 3 is 2.94 bits per heavy atom. The molecule has 0 spiro atoms. The van der Waals surface area contributed by atoms with Gasteiger partial charge in [0.15, 0.2) is 0 Å². The largest absolute Gasteiger partial charge is 0.366 e. The van der Waals surface area contributed by atoms with Crippen LogP contribution in [-0.2, 0) is 10.0 Å². The first-order chi connectivity index (χ1) is 8.49. The molecule has 100 valence electrons. The fraction of sp³-hybridized carbons (Fsp3) is 0.545. The number of piperidine rings is 1. The zero-order chi connectivity index (χ0) is 13.2. The minimum Gasteiger partial charge on any atom is -0.366 e. The monoisotopic (exact) mass is 271 g/mol. The van der Waals surface area contributed by atoms with Gasteiger partial charge in [-0.1, -0.05) is 0 Å². The Balaban J connectivity index is 2.17. The van der Waals surface area contributed by atoms with Gasteiger partial charge in [0, 0.05) is 31.0 Å². The van der Waals surface area contributed by atoms with Gasteiger partial charge in [0.1, 0.15) is 4.90 Å². The molecule has 2 heterocycles. The first-order valence-corrected chi connectivity index (χ1v) is 7.35. The third kappa shape index (κ3) is 2.98. The highest BCUT2D eigenvalue weighted by atomic mass is 32.2. The first kappa shape index (κ1) is 13.3. The summed E-state index contributed by atoms with van der Waals surface area (Å²) in [6.07, 6.45) is 4.39. The predicted octanol–water partition coefficient (Wildman–Crippen LogP) is -0.253. The van der Waals surface area contributed by atoms with Crippen LogP contribution in [0.5, 0.6) is 0 Å². The molecule has 2 rings (SSSR count). The second-order valence-corrected chi connectivity index (χ2v) is 6.28. The van der Waals surface area contributed by atoms with Crippen molar-refractivity contribution in [2.24, 2.45) is 0 Å². The van der Waals surface area contributed by atoms with Gasteiger partial charge >= 0.3 is 0 Å². The summed E-state index contributed by atoms with van der Waals surface area (Å²) in [6, 6.07) is 1.08. The summed E-state index contributed by atoms with van der Waals surface area (Å²) < 4.78 is 26.7. The van der Waals surface area contributed by atoms with Crippen LogP contribution in [0.2, 0.25) is 0 Å². The average molecular weight is 271 g/mol. The smallest absolute Gasteiger partial charge is 0.246 e. The van der Waals surface area contributed by atoms with Crippen LogP contribution in [0.15, 0.2) is 28.2 Å². The molecular weight excluding hydrogens is 254 g/mol. The molecule has 1 aliphatic rings. The van der Waals surface area contributed by atoms with Crippen LogP contribution in [0.1, 0.15) is 12.8 Å². The van der Waals surface area contributed by atoms with E-state index in [1.165, 1.54) is 18.5 Å². The molecule has 1 fully saturated rings. The number of hydrogen-bond acceptors (Lipinski definition) is 4. The summed E-state index contributed by atoms with van der Waals surface area (Å²) >= 11 is 0. The highest BCUT2D eigenvalue weighted by molar-refractivity contribution is 7.89. The normalized spacial score (nSPS) is 21.9. The van der Waals surface area contributed by atoms with E-state index in [9.17, 15) is 13.2 Å². The van der Waals surface area contributed by atoms with Crippen molar-refractivity contribution < 1.29 is 8.42 Å². The van der Waals surface area contributed by atoms with Gasteiger partial charge in [-0.15, -0.1) is 0 Å². The Hall–Kier alpha value is -1.18. The van der Waals surface area contributed by atoms with E-state index in [-0.39, 0.29) is 10.9 Å². The molecule has 0 aliphatic carbocycles. The van der Waals surface area contributed by atoms with Crippen LogP contribution in [0.25, 0.3) is 0 Å². The molecule has 1 atom stereocenters. The van der Waals surface area contributed by atoms with Gasteiger partial charge in [0.05, 0.1) is 0 Å². The minimum absolute atomic E-state index is 0.131. The van der Waals surface area contributed by atoms with Crippen LogP contribution in [0.4, 0.5) is 0 Å². The SMILES string of the molecule is CN1CCCC(NS(=O)(=O)c2c[nH]ccc2=O)C1. The molecule has 0 saturated carbocycles. The van der Waals surface area contributed by atoms with Crippen molar-refractivity contribution >= 4 is 10.0 Å². The second-order valence-electron chi connectivity index (χ2n) is 4.60. The Morgan fingerprint density at radius 1 is 1.50 bits per heavy atom. The van der Waals surface area contributed by atoms with E-state index >= 15 is 0 Å². The zero-order valence-corrected chi connectivity index (χ0v) is 11.0. The molecule has 7 heteroatoms. The van der Waals surface area contributed by atoms with Crippen molar-refractivity contribution in [1.82, 2.24) is 14.6 Å². The third-order valence-corrected chi connectivity index (χ3v) is 4.57. The maximum Gasteiger partial charge on any atom is 0.246 e. The van der Waals surface area contributed by atoms with Gasteiger partial charge in [0.25, 0.3) is 0 Å². The summed E-state index contributed by atoms with van der Waals surface area (Å²) in [7, 11) is -1.78. The number of H-pyrrole nitrogens is 1. The number of likely N-dealkylation sites (tertiary alicyclic amines) is 1. The highest BCUT2D eigenvalue weighted by Crippen LogP contribution is 2.11. The molecule has 6 nitrogen and oxygen atoms in total. The molecule has 2 N–H and O–H groups in total. The van der Waals surface area contributed by atoms with Crippen molar-refractivity contribution in [1.29, 1.82) is 0 Å². The molecular formula is C11H17N3O3S. The standard InChI is InChI=1S/C11H17N3O3S/c1-14-6-2-3-9(8-14)13-18(16,17)11-7-12-5-4-10(11)15/h4-5,7,9,13H,2-3,6,8H2,1H3,(H,12,15). The molecule has 0 bridgehead atoms. The average Bonchev–Trinajstić information content (AvgIpc) is 2.28. The summed E-state index contributed by atoms with van der Waals surface area (Å²) in [6.45, 7) is 1.65. The Morgan fingerprint density at radius 2 is 2.28 bits per heavy atom. The quantitative estimate of drug-likeness (QED) is 0.794. The number of likely N-dealkylation sites (N-methyl/N-ethyl adjacent to an activating group) is 1. The Kier molecular flexibility index (Phi) is 3.84. The predicted molar refractivity (Wildman–Crippen MR) is 67.9 cm³/mol. The molecule has 1 unspecified atom stereocenters. The molecule has 1 aliphatic heterocycles. The Labute approximate surface area is 106 Å². The van der Waals surface area contributed by atoms with Crippen molar-refractivity contribution in [3.63, 3.8) is 0 Å². The first-order valence-electron chi connectivity index (χ1n) is 5.87. The fourth-order valence-electron chi connectivity index (χ4n) is 2.16. The topological polar surface area (TPSA) is 82.3 Å². The molecule has 0 aromatic carbocycles. The lowest BCUT2D eigenvalue weighted by Crippen LogP contribution is -2.46. The van der Waals surface area contributed by atoms with Crippen molar-refractivity contribution in [3.05, 3.63) is 28.7 Å². The molecule has 1 aromatic rings. The number of aromatic nitrogens is 1. The second kappa shape index (κ2) is 5.21. The molecule has 1 aromatic heterocycles. The number of nitrogens with zero attached hydrogens (tertiary/aromatic N) is 1. The number of aromatic amines is 1. The van der Waals surface area contributed by atoms with Crippen LogP contribution in [0.3, 0.4) is 0 Å². The number of hydrogen-bond donors (Lipinski definition) is 2. The van der Waals surface area contributed by atoms with E-state index in [1.807, 2.05) is 7.05 Å². The van der Waals surface area contributed by atoms with Crippen LogP contribution >= 0.6 is 0 Å². The Bertz CT molecular complexity index is 567. The van der Waals surface area contributed by atoms with E-state index < -0.39 is 15.5 Å². The van der Waals surface area contributed by atoms with Crippen molar-refractivity contribution in [2.75, 3.05) is 20.1 Å². The number of sulfonamides is 1. The van der Waals surface area contributed by atoms with Gasteiger partial charge in [-0.25, -0.2) is 13.1 Å².